The van der Waals surface area contributed by atoms with Gasteiger partial charge in [0.2, 0.25) is 11.8 Å². The zero-order valence-corrected chi connectivity index (χ0v) is 13.0. The lowest BCUT2D eigenvalue weighted by Gasteiger charge is -2.12. The van der Waals surface area contributed by atoms with Crippen LogP contribution < -0.4 is 0 Å². The van der Waals surface area contributed by atoms with Crippen LogP contribution in [0.25, 0.3) is 11.5 Å². The maximum Gasteiger partial charge on any atom is 0.249 e. The molecule has 0 radical (unpaired) electrons. The summed E-state index contributed by atoms with van der Waals surface area (Å²) in [6, 6.07) is 7.82. The Morgan fingerprint density at radius 3 is 2.96 bits per heavy atom. The van der Waals surface area contributed by atoms with Crippen LogP contribution in [0.1, 0.15) is 29.7 Å². The second-order valence-corrected chi connectivity index (χ2v) is 5.92. The first-order chi connectivity index (χ1) is 11.3. The molecule has 6 nitrogen and oxygen atoms in total. The minimum atomic E-state index is 0.281. The standard InChI is InChI=1S/C17H18N4O2/c1-12-4-5-15(22-12)11-21-8-6-14(10-21)17-20-19-16(23-17)13-3-2-7-18-9-13/h2-5,7,9,14H,6,8,10-11H2,1H3/t14-/m0/s1. The molecule has 4 heterocycles. The van der Waals surface area contributed by atoms with E-state index >= 15 is 0 Å². The average Bonchev–Trinajstić information content (AvgIpc) is 3.29. The van der Waals surface area contributed by atoms with Crippen LogP contribution in [0.3, 0.4) is 0 Å². The quantitative estimate of drug-likeness (QED) is 0.738. The van der Waals surface area contributed by atoms with Crippen molar-refractivity contribution < 1.29 is 8.83 Å². The Kier molecular flexibility index (Phi) is 3.67. The lowest BCUT2D eigenvalue weighted by Crippen LogP contribution is -2.19. The highest BCUT2D eigenvalue weighted by molar-refractivity contribution is 5.50. The Morgan fingerprint density at radius 1 is 1.22 bits per heavy atom. The van der Waals surface area contributed by atoms with Gasteiger partial charge in [-0.3, -0.25) is 9.88 Å². The summed E-state index contributed by atoms with van der Waals surface area (Å²) in [5.74, 6) is 3.48. The van der Waals surface area contributed by atoms with Gasteiger partial charge in [-0.1, -0.05) is 0 Å². The van der Waals surface area contributed by atoms with E-state index in [1.807, 2.05) is 31.2 Å². The molecule has 0 amide bonds. The molecule has 1 atom stereocenters. The molecule has 6 heteroatoms. The van der Waals surface area contributed by atoms with Gasteiger partial charge in [-0.25, -0.2) is 0 Å². The lowest BCUT2D eigenvalue weighted by molar-refractivity contribution is 0.287. The molecule has 3 aromatic heterocycles. The maximum atomic E-state index is 5.84. The largest absolute Gasteiger partial charge is 0.465 e. The van der Waals surface area contributed by atoms with E-state index < -0.39 is 0 Å². The zero-order chi connectivity index (χ0) is 15.6. The zero-order valence-electron chi connectivity index (χ0n) is 13.0. The lowest BCUT2D eigenvalue weighted by atomic mass is 10.1. The van der Waals surface area contributed by atoms with Crippen LogP contribution in [0, 0.1) is 6.92 Å². The summed E-state index contributed by atoms with van der Waals surface area (Å²) in [5, 5.41) is 8.38. The fourth-order valence-electron chi connectivity index (χ4n) is 2.97. The maximum absolute atomic E-state index is 5.84. The summed E-state index contributed by atoms with van der Waals surface area (Å²) in [7, 11) is 0. The van der Waals surface area contributed by atoms with Crippen LogP contribution in [0.15, 0.2) is 45.5 Å². The van der Waals surface area contributed by atoms with Crippen molar-refractivity contribution in [1.29, 1.82) is 0 Å². The molecule has 1 aliphatic rings. The van der Waals surface area contributed by atoms with E-state index in [4.69, 9.17) is 8.83 Å². The number of likely N-dealkylation sites (tertiary alicyclic amines) is 1. The monoisotopic (exact) mass is 310 g/mol. The third-order valence-corrected chi connectivity index (χ3v) is 4.15. The van der Waals surface area contributed by atoms with Crippen LogP contribution in [-0.4, -0.2) is 33.2 Å². The molecule has 0 aliphatic carbocycles. The Labute approximate surface area is 134 Å². The number of aryl methyl sites for hydroxylation is 1. The van der Waals surface area contributed by atoms with Gasteiger partial charge < -0.3 is 8.83 Å². The van der Waals surface area contributed by atoms with E-state index in [1.54, 1.807) is 12.4 Å². The number of rotatable bonds is 4. The fraction of sp³-hybridized carbons (Fsp3) is 0.353. The van der Waals surface area contributed by atoms with E-state index in [0.717, 1.165) is 43.1 Å². The second-order valence-electron chi connectivity index (χ2n) is 5.92. The van der Waals surface area contributed by atoms with Crippen LogP contribution in [-0.2, 0) is 6.54 Å². The van der Waals surface area contributed by atoms with Gasteiger partial charge in [-0.05, 0) is 44.2 Å². The van der Waals surface area contributed by atoms with Crippen molar-refractivity contribution >= 4 is 0 Å². The third-order valence-electron chi connectivity index (χ3n) is 4.15. The highest BCUT2D eigenvalue weighted by atomic mass is 16.4. The predicted octanol–water partition coefficient (Wildman–Crippen LogP) is 3.02. The van der Waals surface area contributed by atoms with E-state index in [-0.39, 0.29) is 5.92 Å². The smallest absolute Gasteiger partial charge is 0.249 e. The molecular formula is C17H18N4O2. The summed E-state index contributed by atoms with van der Waals surface area (Å²) in [5.41, 5.74) is 0.854. The third kappa shape index (κ3) is 3.03. The van der Waals surface area contributed by atoms with Crippen LogP contribution in [0.2, 0.25) is 0 Å². The van der Waals surface area contributed by atoms with E-state index in [1.165, 1.54) is 0 Å². The molecule has 0 aromatic carbocycles. The first kappa shape index (κ1) is 14.1. The number of hydrogen-bond acceptors (Lipinski definition) is 6. The van der Waals surface area contributed by atoms with Gasteiger partial charge in [0.1, 0.15) is 11.5 Å². The van der Waals surface area contributed by atoms with Gasteiger partial charge in [0.25, 0.3) is 0 Å². The van der Waals surface area contributed by atoms with Crippen molar-refractivity contribution in [1.82, 2.24) is 20.1 Å². The topological polar surface area (TPSA) is 68.2 Å². The summed E-state index contributed by atoms with van der Waals surface area (Å²) < 4.78 is 11.5. The van der Waals surface area contributed by atoms with Crippen molar-refractivity contribution in [3.63, 3.8) is 0 Å². The summed E-state index contributed by atoms with van der Waals surface area (Å²) in [6.45, 7) is 4.71. The molecule has 0 saturated carbocycles. The molecule has 3 aromatic rings. The Balaban J connectivity index is 1.43. The molecule has 1 saturated heterocycles. The Hall–Kier alpha value is -2.47. The molecular weight excluding hydrogens is 292 g/mol. The van der Waals surface area contributed by atoms with Crippen molar-refractivity contribution in [2.45, 2.75) is 25.8 Å². The first-order valence-corrected chi connectivity index (χ1v) is 7.79. The average molecular weight is 310 g/mol. The SMILES string of the molecule is Cc1ccc(CN2CC[C@H](c3nnc(-c4cccnc4)o3)C2)o1. The molecule has 23 heavy (non-hydrogen) atoms. The van der Waals surface area contributed by atoms with Crippen molar-refractivity contribution in [3.8, 4) is 11.5 Å². The van der Waals surface area contributed by atoms with Gasteiger partial charge >= 0.3 is 0 Å². The van der Waals surface area contributed by atoms with Crippen molar-refractivity contribution in [2.24, 2.45) is 0 Å². The molecule has 0 spiro atoms. The number of pyridine rings is 1. The minimum absolute atomic E-state index is 0.281. The predicted molar refractivity (Wildman–Crippen MR) is 83.6 cm³/mol. The molecule has 0 unspecified atom stereocenters. The number of hydrogen-bond donors (Lipinski definition) is 0. The van der Waals surface area contributed by atoms with Gasteiger partial charge in [-0.15, -0.1) is 10.2 Å². The van der Waals surface area contributed by atoms with E-state index in [0.29, 0.717) is 11.8 Å². The highest BCUT2D eigenvalue weighted by Crippen LogP contribution is 2.29. The number of nitrogens with zero attached hydrogens (tertiary/aromatic N) is 4. The van der Waals surface area contributed by atoms with E-state index in [2.05, 4.69) is 20.1 Å². The summed E-state index contributed by atoms with van der Waals surface area (Å²) >= 11 is 0. The summed E-state index contributed by atoms with van der Waals surface area (Å²) in [6.07, 6.45) is 4.48. The van der Waals surface area contributed by atoms with Gasteiger partial charge in [0, 0.05) is 18.9 Å². The molecule has 4 rings (SSSR count). The van der Waals surface area contributed by atoms with Crippen molar-refractivity contribution in [3.05, 3.63) is 54.1 Å². The molecule has 0 N–H and O–H groups in total. The Morgan fingerprint density at radius 2 is 2.17 bits per heavy atom. The van der Waals surface area contributed by atoms with E-state index in [9.17, 15) is 0 Å². The van der Waals surface area contributed by atoms with Crippen LogP contribution in [0.5, 0.6) is 0 Å². The number of furan rings is 1. The molecule has 118 valence electrons. The highest BCUT2D eigenvalue weighted by Gasteiger charge is 2.28. The first-order valence-electron chi connectivity index (χ1n) is 7.79. The number of aromatic nitrogens is 3. The molecule has 0 bridgehead atoms. The summed E-state index contributed by atoms with van der Waals surface area (Å²) in [4.78, 5) is 6.44. The van der Waals surface area contributed by atoms with Crippen LogP contribution in [0.4, 0.5) is 0 Å². The van der Waals surface area contributed by atoms with Gasteiger partial charge in [0.15, 0.2) is 0 Å². The van der Waals surface area contributed by atoms with Gasteiger partial charge in [0.05, 0.1) is 18.0 Å². The fourth-order valence-corrected chi connectivity index (χ4v) is 2.97. The molecule has 1 aliphatic heterocycles. The normalized spacial score (nSPS) is 18.6. The van der Waals surface area contributed by atoms with Crippen molar-refractivity contribution in [2.75, 3.05) is 13.1 Å². The van der Waals surface area contributed by atoms with Gasteiger partial charge in [-0.2, -0.15) is 0 Å². The Bertz CT molecular complexity index is 781. The minimum Gasteiger partial charge on any atom is -0.465 e. The molecule has 1 fully saturated rings. The second kappa shape index (κ2) is 5.96. The van der Waals surface area contributed by atoms with Crippen LogP contribution >= 0.6 is 0 Å².